The zero-order chi connectivity index (χ0) is 29.9. The number of aromatic amines is 1. The van der Waals surface area contributed by atoms with E-state index in [1.807, 2.05) is 13.0 Å². The van der Waals surface area contributed by atoms with Gasteiger partial charge in [-0.15, -0.1) is 0 Å². The molecule has 2 aliphatic rings. The molecule has 1 aliphatic heterocycles. The van der Waals surface area contributed by atoms with E-state index in [-0.39, 0.29) is 49.1 Å². The summed E-state index contributed by atoms with van der Waals surface area (Å²) in [5, 5.41) is 9.80. The first kappa shape index (κ1) is 29.5. The van der Waals surface area contributed by atoms with Gasteiger partial charge in [-0.3, -0.25) is 19.4 Å². The molecule has 1 aromatic carbocycles. The van der Waals surface area contributed by atoms with E-state index >= 15 is 0 Å². The summed E-state index contributed by atoms with van der Waals surface area (Å²) in [6.07, 6.45) is 1.92. The van der Waals surface area contributed by atoms with Gasteiger partial charge in [0.2, 0.25) is 0 Å². The monoisotopic (exact) mass is 601 g/mol. The molecule has 0 spiro atoms. The van der Waals surface area contributed by atoms with E-state index < -0.39 is 18.1 Å². The van der Waals surface area contributed by atoms with Gasteiger partial charge < -0.3 is 15.0 Å². The van der Waals surface area contributed by atoms with Crippen molar-refractivity contribution in [1.82, 2.24) is 25.4 Å². The van der Waals surface area contributed by atoms with Crippen LogP contribution >= 0.6 is 11.3 Å². The molecule has 1 fully saturated rings. The predicted molar refractivity (Wildman–Crippen MR) is 150 cm³/mol. The van der Waals surface area contributed by atoms with E-state index in [0.717, 1.165) is 51.6 Å². The van der Waals surface area contributed by atoms with Crippen molar-refractivity contribution >= 4 is 29.2 Å². The quantitative estimate of drug-likeness (QED) is 0.400. The molecule has 9 nitrogen and oxygen atoms in total. The smallest absolute Gasteiger partial charge is 0.471 e. The molecular formula is C29H30F3N5O4S. The first-order valence-corrected chi connectivity index (χ1v) is 14.5. The number of hydrogen-bond donors (Lipinski definition) is 2. The maximum atomic E-state index is 13.2. The number of H-pyrrole nitrogens is 1. The fraction of sp³-hybridized carbons (Fsp3) is 0.414. The highest BCUT2D eigenvalue weighted by atomic mass is 32.1. The SMILES string of the molecule is Cc1cc(COc2ccc(C(=O)NC(Cc3n[nH]c(=O)s3)C3CCN(C(=O)C(F)(F)F)CC3)cc2)c2c(n1)CCC=C2. The van der Waals surface area contributed by atoms with Crippen molar-refractivity contribution in [2.75, 3.05) is 13.1 Å². The predicted octanol–water partition coefficient (Wildman–Crippen LogP) is 4.22. The van der Waals surface area contributed by atoms with Crippen molar-refractivity contribution in [3.05, 3.63) is 79.2 Å². The van der Waals surface area contributed by atoms with Gasteiger partial charge in [0.05, 0.1) is 0 Å². The number of ether oxygens (including phenoxy) is 1. The van der Waals surface area contributed by atoms with Crippen LogP contribution in [-0.4, -0.2) is 57.2 Å². The highest BCUT2D eigenvalue weighted by Crippen LogP contribution is 2.28. The number of piperidine rings is 1. The number of carbonyl (C=O) groups excluding carboxylic acids is 2. The number of carbonyl (C=O) groups is 2. The number of halogens is 3. The number of nitrogens with one attached hydrogen (secondary N) is 2. The molecule has 2 N–H and O–H groups in total. The van der Waals surface area contributed by atoms with Gasteiger partial charge in [0.25, 0.3) is 5.91 Å². The Morgan fingerprint density at radius 3 is 2.62 bits per heavy atom. The minimum absolute atomic E-state index is 0.0752. The van der Waals surface area contributed by atoms with Crippen LogP contribution in [0.2, 0.25) is 0 Å². The molecule has 1 unspecified atom stereocenters. The van der Waals surface area contributed by atoms with Gasteiger partial charge in [-0.2, -0.15) is 18.3 Å². The maximum Gasteiger partial charge on any atom is 0.471 e. The standard InChI is InChI=1S/C29H30F3N5O4S/c1-17-14-20(22-4-2-3-5-23(22)33-17)16-41-21-8-6-19(7-9-21)26(38)34-24(15-25-35-36-28(40)42-25)18-10-12-37(13-11-18)27(39)29(30,31)32/h2,4,6-9,14,18,24H,3,5,10-13,15-16H2,1H3,(H,34,38)(H,36,40). The lowest BCUT2D eigenvalue weighted by Gasteiger charge is -2.36. The molecule has 3 heterocycles. The summed E-state index contributed by atoms with van der Waals surface area (Å²) in [5.41, 5.74) is 4.51. The molecule has 42 heavy (non-hydrogen) atoms. The molecule has 0 bridgehead atoms. The third kappa shape index (κ3) is 7.07. The van der Waals surface area contributed by atoms with Crippen LogP contribution in [0.3, 0.4) is 0 Å². The van der Waals surface area contributed by atoms with Crippen LogP contribution in [-0.2, 0) is 24.2 Å². The van der Waals surface area contributed by atoms with E-state index in [0.29, 0.717) is 22.9 Å². The summed E-state index contributed by atoms with van der Waals surface area (Å²) in [5.74, 6) is -1.84. The summed E-state index contributed by atoms with van der Waals surface area (Å²) in [7, 11) is 0. The van der Waals surface area contributed by atoms with Crippen molar-refractivity contribution in [3.8, 4) is 5.75 Å². The minimum atomic E-state index is -4.93. The number of aryl methyl sites for hydroxylation is 2. The van der Waals surface area contributed by atoms with Gasteiger partial charge in [-0.1, -0.05) is 23.5 Å². The Morgan fingerprint density at radius 1 is 1.21 bits per heavy atom. The van der Waals surface area contributed by atoms with Crippen molar-refractivity contribution in [2.45, 2.75) is 57.9 Å². The first-order chi connectivity index (χ1) is 20.1. The lowest BCUT2D eigenvalue weighted by atomic mass is 9.87. The fourth-order valence-electron chi connectivity index (χ4n) is 5.43. The number of alkyl halides is 3. The molecule has 0 saturated carbocycles. The molecule has 1 saturated heterocycles. The van der Waals surface area contributed by atoms with Crippen LogP contribution in [0.25, 0.3) is 6.08 Å². The number of rotatable bonds is 8. The van der Waals surface area contributed by atoms with Crippen LogP contribution in [0, 0.1) is 12.8 Å². The van der Waals surface area contributed by atoms with Crippen molar-refractivity contribution in [1.29, 1.82) is 0 Å². The lowest BCUT2D eigenvalue weighted by Crippen LogP contribution is -2.50. The Hall–Kier alpha value is -4.00. The Morgan fingerprint density at radius 2 is 1.95 bits per heavy atom. The highest BCUT2D eigenvalue weighted by Gasteiger charge is 2.44. The van der Waals surface area contributed by atoms with Crippen molar-refractivity contribution in [3.63, 3.8) is 0 Å². The summed E-state index contributed by atoms with van der Waals surface area (Å²) in [6.45, 7) is 2.16. The first-order valence-electron chi connectivity index (χ1n) is 13.7. The second-order valence-electron chi connectivity index (χ2n) is 10.5. The summed E-state index contributed by atoms with van der Waals surface area (Å²) < 4.78 is 44.7. The van der Waals surface area contributed by atoms with Crippen molar-refractivity contribution < 1.29 is 27.5 Å². The minimum Gasteiger partial charge on any atom is -0.489 e. The summed E-state index contributed by atoms with van der Waals surface area (Å²) >= 11 is 0.915. The van der Waals surface area contributed by atoms with Gasteiger partial charge in [0.15, 0.2) is 0 Å². The lowest BCUT2D eigenvalue weighted by molar-refractivity contribution is -0.186. The molecule has 1 aliphatic carbocycles. The topological polar surface area (TPSA) is 117 Å². The van der Waals surface area contributed by atoms with E-state index in [4.69, 9.17) is 4.74 Å². The molecule has 2 aromatic heterocycles. The Balaban J connectivity index is 1.23. The Labute approximate surface area is 243 Å². The number of hydrogen-bond acceptors (Lipinski definition) is 7. The zero-order valence-electron chi connectivity index (χ0n) is 22.9. The molecule has 5 rings (SSSR count). The number of aromatic nitrogens is 3. The zero-order valence-corrected chi connectivity index (χ0v) is 23.7. The molecule has 3 aromatic rings. The molecule has 222 valence electrons. The van der Waals surface area contributed by atoms with Crippen LogP contribution in [0.5, 0.6) is 5.75 Å². The Bertz CT molecular complexity index is 1530. The van der Waals surface area contributed by atoms with E-state index in [1.54, 1.807) is 24.3 Å². The van der Waals surface area contributed by atoms with E-state index in [1.165, 1.54) is 0 Å². The van der Waals surface area contributed by atoms with E-state index in [9.17, 15) is 27.6 Å². The number of pyridine rings is 1. The van der Waals surface area contributed by atoms with Gasteiger partial charge in [0, 0.05) is 53.6 Å². The fourth-order valence-corrected chi connectivity index (χ4v) is 6.09. The van der Waals surface area contributed by atoms with Gasteiger partial charge >= 0.3 is 17.0 Å². The summed E-state index contributed by atoms with van der Waals surface area (Å²) in [4.78, 5) is 41.6. The largest absolute Gasteiger partial charge is 0.489 e. The average molecular weight is 602 g/mol. The highest BCUT2D eigenvalue weighted by molar-refractivity contribution is 7.08. The van der Waals surface area contributed by atoms with Gasteiger partial charge in [-0.25, -0.2) is 5.10 Å². The van der Waals surface area contributed by atoms with Crippen molar-refractivity contribution in [2.24, 2.45) is 5.92 Å². The number of likely N-dealkylation sites (tertiary alicyclic amines) is 1. The average Bonchev–Trinajstić information content (AvgIpc) is 3.39. The number of fused-ring (bicyclic) bond motifs is 1. The normalized spacial score (nSPS) is 16.1. The maximum absolute atomic E-state index is 13.2. The third-order valence-corrected chi connectivity index (χ3v) is 8.30. The molecule has 0 radical (unpaired) electrons. The van der Waals surface area contributed by atoms with Crippen LogP contribution in [0.4, 0.5) is 13.2 Å². The van der Waals surface area contributed by atoms with Gasteiger partial charge in [0.1, 0.15) is 17.4 Å². The van der Waals surface area contributed by atoms with E-state index in [2.05, 4.69) is 32.7 Å². The third-order valence-electron chi connectivity index (χ3n) is 7.53. The second-order valence-corrected chi connectivity index (χ2v) is 11.5. The molecule has 1 atom stereocenters. The molecular weight excluding hydrogens is 571 g/mol. The van der Waals surface area contributed by atoms with Gasteiger partial charge in [-0.05, 0) is 68.9 Å². The summed E-state index contributed by atoms with van der Waals surface area (Å²) in [6, 6.07) is 8.22. The second kappa shape index (κ2) is 12.5. The molecule has 13 heteroatoms. The van der Waals surface area contributed by atoms with Crippen LogP contribution in [0.15, 0.2) is 41.2 Å². The number of benzene rings is 1. The number of allylic oxidation sites excluding steroid dienone is 1. The number of nitrogens with zero attached hydrogens (tertiary/aromatic N) is 3. The number of amides is 2. The Kier molecular flexibility index (Phi) is 8.76. The van der Waals surface area contributed by atoms with Crippen LogP contribution in [0.1, 0.15) is 57.1 Å². The van der Waals surface area contributed by atoms with Crippen LogP contribution < -0.4 is 14.9 Å². The molecule has 2 amide bonds.